The molecule has 4 N–H and O–H groups in total. The third-order valence-electron chi connectivity index (χ3n) is 17.3. The maximum Gasteiger partial charge on any atom is 0.805 e. The molecule has 2 aromatic heterocycles. The molecule has 8 rings (SSSR count). The van der Waals surface area contributed by atoms with Crippen LogP contribution in [0.4, 0.5) is 0 Å². The van der Waals surface area contributed by atoms with Gasteiger partial charge in [0, 0.05) is 67.1 Å². The highest BCUT2D eigenvalue weighted by Gasteiger charge is 2.36. The van der Waals surface area contributed by atoms with Gasteiger partial charge < -0.3 is 58.7 Å². The Balaban J connectivity index is 0.848. The molecular weight excluding hydrogens is 1340 g/mol. The third-order valence-corrected chi connectivity index (χ3v) is 18.0. The second kappa shape index (κ2) is 40.7. The van der Waals surface area contributed by atoms with Crippen LogP contribution in [0.15, 0.2) is 118 Å². The number of nitrogens with one attached hydrogen (secondary N) is 4. The Morgan fingerprint density at radius 2 is 0.882 bits per heavy atom. The zero-order valence-corrected chi connectivity index (χ0v) is 59.7. The van der Waals surface area contributed by atoms with Crippen LogP contribution in [-0.4, -0.2) is 160 Å². The molecule has 0 radical (unpaired) electrons. The third kappa shape index (κ3) is 23.2. The van der Waals surface area contributed by atoms with Crippen LogP contribution in [0.25, 0.3) is 22.6 Å². The van der Waals surface area contributed by atoms with Gasteiger partial charge in [-0.25, -0.2) is 18.6 Å². The summed E-state index contributed by atoms with van der Waals surface area (Å²) in [4.78, 5) is 123. The number of carbonyl (C=O) groups excluding carboxylic acids is 8. The molecule has 2 aliphatic rings. The molecule has 102 heavy (non-hydrogen) atoms. The first kappa shape index (κ1) is 78.1. The van der Waals surface area contributed by atoms with E-state index in [0.29, 0.717) is 101 Å². The smallest absolute Gasteiger partial charge is 0.494 e. The zero-order valence-electron chi connectivity index (χ0n) is 58.8. The number of carbonyl (C=O) groups is 8. The number of amides is 6. The van der Waals surface area contributed by atoms with Crippen molar-refractivity contribution in [3.05, 3.63) is 143 Å². The van der Waals surface area contributed by atoms with Gasteiger partial charge in [-0.15, -0.1) is 0 Å². The highest BCUT2D eigenvalue weighted by atomic mass is 31.1. The lowest BCUT2D eigenvalue weighted by atomic mass is 9.90. The first-order chi connectivity index (χ1) is 49.6. The number of hydrogen-bond acceptors (Lipinski definition) is 21. The molecule has 27 nitrogen and oxygen atoms in total. The average molecular weight is 1430 g/mol. The van der Waals surface area contributed by atoms with Crippen molar-refractivity contribution in [3.63, 3.8) is 0 Å². The SMILES string of the molecule is CCCCC[C@@H](C(=O)NCNC(=O)c1ccc(-c2cc(OCC)cc(O[P+](=O)Oc3cc(OCC)cc(-c4ccc(C(=O)NCNC(=O)[C@H](CCCCC)[C@@H](CC)N(C=O)OC(=O)c5ccc(CN6CCOCC6)cc5)o4)c3)c2)o1)[C@@H](CC)N(C=O)OC(=O)c1ccc(CN2CCOCC2)cc1. The molecule has 0 aliphatic carbocycles. The van der Waals surface area contributed by atoms with Gasteiger partial charge in [0.1, 0.15) is 23.0 Å². The van der Waals surface area contributed by atoms with E-state index in [0.717, 1.165) is 73.1 Å². The standard InChI is InChI=1S/C74H93N8O19P/c1-7-13-15-17-61(63(9-3)81(49-83)98-73(89)53-23-19-51(20-24-53)45-79-31-35-92-36-32-79)69(85)75-47-77-71(87)67-29-27-65(96-67)55-39-57(94-11-5)43-59(41-55)100-102(91)101-60-42-56(40-58(44-60)95-12-6)66-28-30-68(97-66)72(88)78-48-76-70(86)62(18-16-14-8-2)64(10-4)82(50-84)99-74(90)54-25-21-52(22-26-54)46-80-33-37-93-38-34-80/h19-30,39-44,49-50,61-64H,7-18,31-38,45-48H2,1-6H3,(H3-,75,76,77,78,85,86,87,88)/p+1/t61-,62-,63-,64-/m1/s1. The van der Waals surface area contributed by atoms with E-state index in [9.17, 15) is 42.9 Å². The van der Waals surface area contributed by atoms with E-state index in [1.54, 1.807) is 76.2 Å². The van der Waals surface area contributed by atoms with Crippen molar-refractivity contribution < 1.29 is 89.4 Å². The van der Waals surface area contributed by atoms with Gasteiger partial charge in [0.15, 0.2) is 23.0 Å². The average Bonchev–Trinajstić information content (AvgIpc) is 1.38. The van der Waals surface area contributed by atoms with Gasteiger partial charge in [-0.1, -0.05) is 90.5 Å². The van der Waals surface area contributed by atoms with E-state index in [2.05, 4.69) is 31.1 Å². The van der Waals surface area contributed by atoms with E-state index in [4.69, 9.17) is 46.5 Å². The Morgan fingerprint density at radius 1 is 0.500 bits per heavy atom. The number of benzene rings is 4. The van der Waals surface area contributed by atoms with Gasteiger partial charge in [-0.3, -0.25) is 38.6 Å². The second-order valence-electron chi connectivity index (χ2n) is 24.4. The minimum absolute atomic E-state index is 0.0512. The van der Waals surface area contributed by atoms with Gasteiger partial charge >= 0.3 is 20.2 Å². The fourth-order valence-electron chi connectivity index (χ4n) is 12.0. The van der Waals surface area contributed by atoms with Crippen LogP contribution in [-0.2, 0) is 56.0 Å². The molecule has 4 heterocycles. The maximum absolute atomic E-state index is 14.0. The molecule has 4 aromatic carbocycles. The summed E-state index contributed by atoms with van der Waals surface area (Å²) in [5.41, 5.74) is 3.26. The number of rotatable bonds is 42. The molecule has 2 aliphatic heterocycles. The number of hydrogen-bond donors (Lipinski definition) is 4. The Hall–Kier alpha value is -9.66. The lowest BCUT2D eigenvalue weighted by Gasteiger charge is -2.31. The highest BCUT2D eigenvalue weighted by Crippen LogP contribution is 2.40. The van der Waals surface area contributed by atoms with E-state index < -0.39 is 67.7 Å². The van der Waals surface area contributed by atoms with Crippen molar-refractivity contribution in [2.45, 2.75) is 131 Å². The second-order valence-corrected chi connectivity index (χ2v) is 25.3. The lowest BCUT2D eigenvalue weighted by Crippen LogP contribution is -2.49. The Kier molecular flexibility index (Phi) is 31.1. The van der Waals surface area contributed by atoms with Gasteiger partial charge in [0.2, 0.25) is 24.6 Å². The van der Waals surface area contributed by atoms with Gasteiger partial charge in [-0.05, 0) is 123 Å². The lowest BCUT2D eigenvalue weighted by molar-refractivity contribution is -0.171. The summed E-state index contributed by atoms with van der Waals surface area (Å²) in [7, 11) is -2.96. The topological polar surface area (TPSA) is 315 Å². The predicted octanol–water partition coefficient (Wildman–Crippen LogP) is 10.8. The summed E-state index contributed by atoms with van der Waals surface area (Å²) >= 11 is 0. The largest absolute Gasteiger partial charge is 0.805 e. The molecule has 0 unspecified atom stereocenters. The minimum atomic E-state index is -2.96. The summed E-state index contributed by atoms with van der Waals surface area (Å²) in [5.74, 6) is -4.44. The van der Waals surface area contributed by atoms with Crippen LogP contribution in [0.5, 0.6) is 23.0 Å². The highest BCUT2D eigenvalue weighted by molar-refractivity contribution is 7.34. The molecule has 6 aromatic rings. The van der Waals surface area contributed by atoms with Gasteiger partial charge in [0.25, 0.3) is 11.8 Å². The predicted molar refractivity (Wildman–Crippen MR) is 376 cm³/mol. The molecule has 0 spiro atoms. The van der Waals surface area contributed by atoms with Crippen LogP contribution in [0.1, 0.15) is 159 Å². The Bertz CT molecular complexity index is 3490. The molecule has 6 amide bonds. The van der Waals surface area contributed by atoms with E-state index in [1.165, 1.54) is 36.4 Å². The zero-order chi connectivity index (χ0) is 72.8. The minimum Gasteiger partial charge on any atom is -0.494 e. The van der Waals surface area contributed by atoms with Gasteiger partial charge in [-0.2, -0.15) is 10.1 Å². The fraction of sp³-hybridized carbons (Fsp3) is 0.459. The molecule has 0 bridgehead atoms. The van der Waals surface area contributed by atoms with Crippen molar-refractivity contribution in [2.75, 3.05) is 79.2 Å². The van der Waals surface area contributed by atoms with E-state index in [-0.39, 0.29) is 85.1 Å². The van der Waals surface area contributed by atoms with Crippen molar-refractivity contribution in [1.29, 1.82) is 0 Å². The van der Waals surface area contributed by atoms with Crippen LogP contribution in [0.2, 0.25) is 0 Å². The van der Waals surface area contributed by atoms with Crippen molar-refractivity contribution >= 4 is 56.6 Å². The monoisotopic (exact) mass is 1430 g/mol. The van der Waals surface area contributed by atoms with E-state index >= 15 is 0 Å². The number of morpholine rings is 2. The number of hydroxylamine groups is 4. The van der Waals surface area contributed by atoms with Crippen molar-refractivity contribution in [1.82, 2.24) is 41.2 Å². The molecule has 28 heteroatoms. The van der Waals surface area contributed by atoms with E-state index in [1.807, 2.05) is 38.1 Å². The van der Waals surface area contributed by atoms with Gasteiger partial charge in [0.05, 0.1) is 88.0 Å². The molecule has 2 fully saturated rings. The number of nitrogens with zero attached hydrogens (tertiary/aromatic N) is 4. The summed E-state index contributed by atoms with van der Waals surface area (Å²) in [6, 6.07) is 27.6. The summed E-state index contributed by atoms with van der Waals surface area (Å²) < 4.78 is 59.9. The summed E-state index contributed by atoms with van der Waals surface area (Å²) in [6.07, 6.45) is 6.78. The molecular formula is C74H94N8O19P+. The summed E-state index contributed by atoms with van der Waals surface area (Å²) in [5, 5.41) is 12.6. The number of furan rings is 2. The van der Waals surface area contributed by atoms with Crippen LogP contribution < -0.4 is 39.8 Å². The Labute approximate surface area is 595 Å². The number of unbranched alkanes of at least 4 members (excludes halogenated alkanes) is 4. The van der Waals surface area contributed by atoms with Crippen molar-refractivity contribution in [2.24, 2.45) is 11.8 Å². The van der Waals surface area contributed by atoms with Crippen LogP contribution in [0.3, 0.4) is 0 Å². The van der Waals surface area contributed by atoms with Crippen LogP contribution >= 0.6 is 8.25 Å². The molecule has 0 saturated carbocycles. The Morgan fingerprint density at radius 3 is 1.24 bits per heavy atom. The van der Waals surface area contributed by atoms with Crippen molar-refractivity contribution in [3.8, 4) is 45.6 Å². The summed E-state index contributed by atoms with van der Waals surface area (Å²) in [6.45, 7) is 18.4. The first-order valence-electron chi connectivity index (χ1n) is 35.0. The molecule has 4 atom stereocenters. The first-order valence-corrected chi connectivity index (χ1v) is 36.1. The fourth-order valence-corrected chi connectivity index (χ4v) is 12.6. The molecule has 548 valence electrons. The quantitative estimate of drug-likeness (QED) is 0.00909. The maximum atomic E-state index is 14.0. The number of ether oxygens (including phenoxy) is 4. The molecule has 2 saturated heterocycles. The normalized spacial score (nSPS) is 14.3. The van der Waals surface area contributed by atoms with Crippen LogP contribution in [0, 0.1) is 11.8 Å².